The second kappa shape index (κ2) is 3.06. The first-order valence-corrected chi connectivity index (χ1v) is 6.46. The molecule has 3 atom stereocenters. The summed E-state index contributed by atoms with van der Waals surface area (Å²) in [5.41, 5.74) is 0. The van der Waals surface area contributed by atoms with Crippen LogP contribution in [0.5, 0.6) is 0 Å². The second-order valence-electron chi connectivity index (χ2n) is 3.78. The molecule has 0 aromatic heterocycles. The number of hydrogen-bond acceptors (Lipinski definition) is 1. The quantitative estimate of drug-likeness (QED) is 0.625. The topological polar surface area (TPSA) is 17.1 Å². The van der Waals surface area contributed by atoms with Crippen molar-refractivity contribution in [2.24, 2.45) is 17.8 Å². The largest absolute Gasteiger partial charge is 0.243 e. The lowest BCUT2D eigenvalue weighted by Crippen LogP contribution is -1.92. The summed E-state index contributed by atoms with van der Waals surface area (Å²) in [5.74, 6) is 3.62. The van der Waals surface area contributed by atoms with Crippen LogP contribution in [0.1, 0.15) is 25.7 Å². The van der Waals surface area contributed by atoms with Gasteiger partial charge in [0.2, 0.25) is 0 Å². The predicted octanol–water partition coefficient (Wildman–Crippen LogP) is 2.33. The maximum atomic E-state index is 10.5. The maximum absolute atomic E-state index is 10.5. The molecule has 0 amide bonds. The lowest BCUT2D eigenvalue weighted by atomic mass is 10.2. The standard InChI is InChI=1S/C8H13ClOS/c9-11(10)4-3-7-5-8(7)6-1-2-6/h6-8H,1-5H2/t7-,8+,11?/m1/s1. The molecule has 0 radical (unpaired) electrons. The highest BCUT2D eigenvalue weighted by atomic mass is 35.7. The normalized spacial score (nSPS) is 38.6. The summed E-state index contributed by atoms with van der Waals surface area (Å²) >= 11 is 0. The molecule has 2 saturated carbocycles. The van der Waals surface area contributed by atoms with Gasteiger partial charge in [-0.3, -0.25) is 0 Å². The Morgan fingerprint density at radius 1 is 1.45 bits per heavy atom. The van der Waals surface area contributed by atoms with E-state index in [2.05, 4.69) is 0 Å². The van der Waals surface area contributed by atoms with Gasteiger partial charge in [0.25, 0.3) is 0 Å². The number of rotatable bonds is 4. The molecular weight excluding hydrogens is 180 g/mol. The van der Waals surface area contributed by atoms with Crippen LogP contribution < -0.4 is 0 Å². The predicted molar refractivity (Wildman–Crippen MR) is 47.8 cm³/mol. The second-order valence-corrected chi connectivity index (χ2v) is 5.80. The molecule has 2 aliphatic rings. The number of hydrogen-bond donors (Lipinski definition) is 0. The van der Waals surface area contributed by atoms with E-state index in [0.717, 1.165) is 24.2 Å². The van der Waals surface area contributed by atoms with Crippen molar-refractivity contribution in [3.05, 3.63) is 0 Å². The minimum atomic E-state index is -1.08. The van der Waals surface area contributed by atoms with Gasteiger partial charge in [-0.05, 0) is 54.1 Å². The van der Waals surface area contributed by atoms with E-state index in [-0.39, 0.29) is 0 Å². The molecule has 0 heterocycles. The van der Waals surface area contributed by atoms with E-state index in [1.807, 2.05) is 0 Å². The molecule has 64 valence electrons. The summed E-state index contributed by atoms with van der Waals surface area (Å²) in [7, 11) is 4.28. The molecule has 0 aromatic rings. The first-order valence-electron chi connectivity index (χ1n) is 4.32. The molecule has 2 fully saturated rings. The maximum Gasteiger partial charge on any atom is 0.114 e. The van der Waals surface area contributed by atoms with Crippen LogP contribution in [0, 0.1) is 17.8 Å². The minimum Gasteiger partial charge on any atom is -0.243 e. The van der Waals surface area contributed by atoms with Crippen LogP contribution in [0.2, 0.25) is 0 Å². The van der Waals surface area contributed by atoms with Gasteiger partial charge in [0.15, 0.2) is 0 Å². The third-order valence-corrected chi connectivity index (χ3v) is 3.87. The van der Waals surface area contributed by atoms with Crippen molar-refractivity contribution in [2.45, 2.75) is 25.7 Å². The fourth-order valence-corrected chi connectivity index (χ4v) is 2.70. The van der Waals surface area contributed by atoms with Crippen LogP contribution in [0.25, 0.3) is 0 Å². The van der Waals surface area contributed by atoms with E-state index in [1.54, 1.807) is 0 Å². The third-order valence-electron chi connectivity index (χ3n) is 2.85. The molecule has 3 heteroatoms. The van der Waals surface area contributed by atoms with E-state index in [4.69, 9.17) is 10.7 Å². The van der Waals surface area contributed by atoms with Gasteiger partial charge in [-0.2, -0.15) is 0 Å². The molecule has 1 nitrogen and oxygen atoms in total. The Hall–Kier alpha value is 0.440. The van der Waals surface area contributed by atoms with Gasteiger partial charge in [0.05, 0.1) is 0 Å². The van der Waals surface area contributed by atoms with Gasteiger partial charge >= 0.3 is 0 Å². The van der Waals surface area contributed by atoms with Gasteiger partial charge < -0.3 is 0 Å². The van der Waals surface area contributed by atoms with Gasteiger partial charge in [0, 0.05) is 5.75 Å². The summed E-state index contributed by atoms with van der Waals surface area (Å²) in [6, 6.07) is 0. The first kappa shape index (κ1) is 8.06. The molecule has 0 aliphatic heterocycles. The Morgan fingerprint density at radius 2 is 2.18 bits per heavy atom. The Balaban J connectivity index is 1.63. The van der Waals surface area contributed by atoms with E-state index in [9.17, 15) is 4.21 Å². The molecule has 0 saturated heterocycles. The van der Waals surface area contributed by atoms with Crippen molar-refractivity contribution in [3.63, 3.8) is 0 Å². The van der Waals surface area contributed by atoms with E-state index < -0.39 is 10.0 Å². The molecule has 1 unspecified atom stereocenters. The zero-order valence-corrected chi connectivity index (χ0v) is 8.03. The number of halogens is 1. The van der Waals surface area contributed by atoms with Crippen LogP contribution in [0.3, 0.4) is 0 Å². The third kappa shape index (κ3) is 2.19. The zero-order valence-electron chi connectivity index (χ0n) is 6.46. The summed E-state index contributed by atoms with van der Waals surface area (Å²) in [6.07, 6.45) is 5.38. The fraction of sp³-hybridized carbons (Fsp3) is 1.00. The van der Waals surface area contributed by atoms with Crippen LogP contribution in [-0.4, -0.2) is 9.96 Å². The van der Waals surface area contributed by atoms with Crippen LogP contribution >= 0.6 is 10.7 Å². The highest BCUT2D eigenvalue weighted by molar-refractivity contribution is 8.08. The Kier molecular flexibility index (Phi) is 2.24. The first-order chi connectivity index (χ1) is 5.27. The van der Waals surface area contributed by atoms with Crippen molar-refractivity contribution in [2.75, 3.05) is 5.75 Å². The summed E-state index contributed by atoms with van der Waals surface area (Å²) in [6.45, 7) is 0. The summed E-state index contributed by atoms with van der Waals surface area (Å²) < 4.78 is 10.5. The van der Waals surface area contributed by atoms with Crippen LogP contribution in [0.15, 0.2) is 0 Å². The molecule has 11 heavy (non-hydrogen) atoms. The van der Waals surface area contributed by atoms with Crippen LogP contribution in [-0.2, 0) is 10.0 Å². The summed E-state index contributed by atoms with van der Waals surface area (Å²) in [5, 5.41) is 0. The molecule has 2 aliphatic carbocycles. The molecule has 0 N–H and O–H groups in total. The highest BCUT2D eigenvalue weighted by Crippen LogP contribution is 2.55. The highest BCUT2D eigenvalue weighted by Gasteiger charge is 2.46. The average molecular weight is 193 g/mol. The Morgan fingerprint density at radius 3 is 2.73 bits per heavy atom. The van der Waals surface area contributed by atoms with Gasteiger partial charge in [0.1, 0.15) is 10.0 Å². The lowest BCUT2D eigenvalue weighted by Gasteiger charge is -1.94. The van der Waals surface area contributed by atoms with Crippen molar-refractivity contribution in [1.82, 2.24) is 0 Å². The smallest absolute Gasteiger partial charge is 0.114 e. The van der Waals surface area contributed by atoms with Crippen molar-refractivity contribution >= 4 is 20.7 Å². The van der Waals surface area contributed by atoms with E-state index >= 15 is 0 Å². The molecule has 2 rings (SSSR count). The SMILES string of the molecule is O=S(Cl)CC[C@@H]1C[C@H]1C1CC1. The van der Waals surface area contributed by atoms with Gasteiger partial charge in [-0.25, -0.2) is 4.21 Å². The molecule has 0 bridgehead atoms. The zero-order chi connectivity index (χ0) is 7.84. The van der Waals surface area contributed by atoms with Crippen LogP contribution in [0.4, 0.5) is 0 Å². The monoisotopic (exact) mass is 192 g/mol. The summed E-state index contributed by atoms with van der Waals surface area (Å²) in [4.78, 5) is 0. The molecule has 0 aromatic carbocycles. The van der Waals surface area contributed by atoms with Gasteiger partial charge in [-0.1, -0.05) is 0 Å². The van der Waals surface area contributed by atoms with Gasteiger partial charge in [-0.15, -0.1) is 0 Å². The Bertz CT molecular complexity index is 179. The Labute approximate surface area is 74.5 Å². The van der Waals surface area contributed by atoms with Crippen molar-refractivity contribution in [3.8, 4) is 0 Å². The minimum absolute atomic E-state index is 0.704. The average Bonchev–Trinajstić information content (AvgIpc) is 2.79. The van der Waals surface area contributed by atoms with Crippen molar-refractivity contribution < 1.29 is 4.21 Å². The van der Waals surface area contributed by atoms with E-state index in [0.29, 0.717) is 5.75 Å². The lowest BCUT2D eigenvalue weighted by molar-refractivity contribution is 0.614. The fourth-order valence-electron chi connectivity index (χ4n) is 1.95. The molecular formula is C8H13ClOS. The van der Waals surface area contributed by atoms with Crippen molar-refractivity contribution in [1.29, 1.82) is 0 Å². The molecule has 0 spiro atoms. The van der Waals surface area contributed by atoms with E-state index in [1.165, 1.54) is 19.3 Å².